The second-order valence-corrected chi connectivity index (χ2v) is 6.37. The van der Waals surface area contributed by atoms with Gasteiger partial charge in [-0.1, -0.05) is 13.3 Å². The molecule has 0 amide bonds. The summed E-state index contributed by atoms with van der Waals surface area (Å²) in [4.78, 5) is 11.5. The first-order chi connectivity index (χ1) is 5.73. The van der Waals surface area contributed by atoms with Gasteiger partial charge >= 0.3 is 0 Å². The first-order valence-electron chi connectivity index (χ1n) is 4.46. The van der Waals surface area contributed by atoms with E-state index in [-0.39, 0.29) is 5.78 Å². The molecule has 0 aromatic carbocycles. The molecular weight excluding hydrogens is 188 g/mol. The molecule has 0 aromatic heterocycles. The highest BCUT2D eigenvalue weighted by Gasteiger charge is 2.37. The minimum absolute atomic E-state index is 0.183. The summed E-state index contributed by atoms with van der Waals surface area (Å²) in [5, 5.41) is 0. The molecule has 0 bridgehead atoms. The lowest BCUT2D eigenvalue weighted by Gasteiger charge is -2.20. The Bertz CT molecular complexity index is 275. The molecule has 0 aliphatic rings. The Morgan fingerprint density at radius 1 is 1.31 bits per heavy atom. The van der Waals surface area contributed by atoms with E-state index < -0.39 is 14.6 Å². The van der Waals surface area contributed by atoms with Crippen molar-refractivity contribution in [3.8, 4) is 0 Å². The average molecular weight is 206 g/mol. The normalized spacial score (nSPS) is 12.9. The van der Waals surface area contributed by atoms with Crippen LogP contribution >= 0.6 is 0 Å². The van der Waals surface area contributed by atoms with Gasteiger partial charge in [0.25, 0.3) is 0 Å². The number of ketones is 1. The summed E-state index contributed by atoms with van der Waals surface area (Å²) < 4.78 is 21.3. The maximum Gasteiger partial charge on any atom is 0.159 e. The van der Waals surface area contributed by atoms with Gasteiger partial charge in [0, 0.05) is 12.7 Å². The van der Waals surface area contributed by atoms with E-state index in [1.807, 2.05) is 6.92 Å². The van der Waals surface area contributed by atoms with Gasteiger partial charge in [-0.15, -0.1) is 0 Å². The summed E-state index contributed by atoms with van der Waals surface area (Å²) in [7, 11) is -3.28. The van der Waals surface area contributed by atoms with Crippen LogP contribution in [0.2, 0.25) is 0 Å². The third-order valence-electron chi connectivity index (χ3n) is 2.36. The van der Waals surface area contributed by atoms with Crippen LogP contribution in [0, 0.1) is 0 Å². The summed E-state index contributed by atoms with van der Waals surface area (Å²) in [6, 6.07) is 0. The van der Waals surface area contributed by atoms with Gasteiger partial charge in [-0.25, -0.2) is 8.42 Å². The zero-order valence-electron chi connectivity index (χ0n) is 8.75. The molecule has 0 aliphatic heterocycles. The number of sulfone groups is 1. The average Bonchev–Trinajstić information content (AvgIpc) is 1.97. The molecule has 0 unspecified atom stereocenters. The maximum atomic E-state index is 11.5. The fourth-order valence-corrected chi connectivity index (χ4v) is 1.36. The smallest absolute Gasteiger partial charge is 0.159 e. The van der Waals surface area contributed by atoms with Crippen LogP contribution in [-0.4, -0.2) is 25.2 Å². The number of hydrogen-bond acceptors (Lipinski definition) is 3. The Morgan fingerprint density at radius 2 is 1.77 bits per heavy atom. The minimum Gasteiger partial charge on any atom is -0.298 e. The highest BCUT2D eigenvalue weighted by atomic mass is 32.2. The van der Waals surface area contributed by atoms with Crippen molar-refractivity contribution in [2.75, 3.05) is 6.26 Å². The molecule has 0 aromatic rings. The Balaban J connectivity index is 4.57. The third kappa shape index (κ3) is 3.10. The molecule has 0 saturated heterocycles. The van der Waals surface area contributed by atoms with E-state index in [1.54, 1.807) is 0 Å². The molecule has 78 valence electrons. The van der Waals surface area contributed by atoms with Gasteiger partial charge in [-0.05, 0) is 20.3 Å². The summed E-state index contributed by atoms with van der Waals surface area (Å²) in [5.74, 6) is -0.183. The van der Waals surface area contributed by atoms with Gasteiger partial charge in [0.05, 0.1) is 0 Å². The van der Waals surface area contributed by atoms with Crippen molar-refractivity contribution in [3.63, 3.8) is 0 Å². The Hall–Kier alpha value is -0.380. The van der Waals surface area contributed by atoms with E-state index in [0.29, 0.717) is 6.42 Å². The van der Waals surface area contributed by atoms with E-state index in [9.17, 15) is 13.2 Å². The Labute approximate surface area is 80.4 Å². The number of carbonyl (C=O) groups is 1. The summed E-state index contributed by atoms with van der Waals surface area (Å²) in [6.45, 7) is 4.92. The molecule has 4 heteroatoms. The summed E-state index contributed by atoms with van der Waals surface area (Å²) in [6.07, 6.45) is 3.14. The molecule has 0 heterocycles. The van der Waals surface area contributed by atoms with Gasteiger partial charge in [0.1, 0.15) is 4.75 Å². The van der Waals surface area contributed by atoms with E-state index in [2.05, 4.69) is 0 Å². The standard InChI is InChI=1S/C9H18O3S/c1-5-6-7-8(10)9(2,3)13(4,11)12/h5-7H2,1-4H3. The zero-order valence-corrected chi connectivity index (χ0v) is 9.57. The van der Waals surface area contributed by atoms with E-state index in [0.717, 1.165) is 19.1 Å². The molecule has 0 aliphatic carbocycles. The van der Waals surface area contributed by atoms with Gasteiger partial charge in [0.15, 0.2) is 15.6 Å². The van der Waals surface area contributed by atoms with Crippen molar-refractivity contribution in [3.05, 3.63) is 0 Å². The van der Waals surface area contributed by atoms with Gasteiger partial charge in [-0.3, -0.25) is 4.79 Å². The van der Waals surface area contributed by atoms with Crippen LogP contribution in [0.4, 0.5) is 0 Å². The highest BCUT2D eigenvalue weighted by Crippen LogP contribution is 2.19. The van der Waals surface area contributed by atoms with Crippen molar-refractivity contribution in [1.29, 1.82) is 0 Å². The van der Waals surface area contributed by atoms with Crippen molar-refractivity contribution in [2.24, 2.45) is 0 Å². The molecule has 0 fully saturated rings. The first-order valence-corrected chi connectivity index (χ1v) is 6.35. The van der Waals surface area contributed by atoms with Crippen LogP contribution in [0.15, 0.2) is 0 Å². The van der Waals surface area contributed by atoms with Crippen LogP contribution in [0.3, 0.4) is 0 Å². The molecule has 0 spiro atoms. The highest BCUT2D eigenvalue weighted by molar-refractivity contribution is 7.92. The summed E-state index contributed by atoms with van der Waals surface area (Å²) >= 11 is 0. The largest absolute Gasteiger partial charge is 0.298 e. The van der Waals surface area contributed by atoms with Gasteiger partial charge < -0.3 is 0 Å². The van der Waals surface area contributed by atoms with Gasteiger partial charge in [0.2, 0.25) is 0 Å². The maximum absolute atomic E-state index is 11.5. The quantitative estimate of drug-likeness (QED) is 0.686. The summed E-state index contributed by atoms with van der Waals surface area (Å²) in [5.41, 5.74) is 0. The van der Waals surface area contributed by atoms with Crippen molar-refractivity contribution in [2.45, 2.75) is 44.8 Å². The molecule has 0 radical (unpaired) electrons. The third-order valence-corrected chi connectivity index (χ3v) is 4.44. The lowest BCUT2D eigenvalue weighted by molar-refractivity contribution is -0.120. The topological polar surface area (TPSA) is 51.2 Å². The van der Waals surface area contributed by atoms with Crippen molar-refractivity contribution >= 4 is 15.6 Å². The van der Waals surface area contributed by atoms with Crippen LogP contribution in [0.1, 0.15) is 40.0 Å². The van der Waals surface area contributed by atoms with Crippen LogP contribution in [0.5, 0.6) is 0 Å². The fourth-order valence-electron chi connectivity index (χ4n) is 0.845. The second-order valence-electron chi connectivity index (χ2n) is 3.81. The molecule has 13 heavy (non-hydrogen) atoms. The monoisotopic (exact) mass is 206 g/mol. The minimum atomic E-state index is -3.28. The van der Waals surface area contributed by atoms with E-state index >= 15 is 0 Å². The Morgan fingerprint density at radius 3 is 2.08 bits per heavy atom. The number of Topliss-reactive ketones (excluding diaryl/α,β-unsaturated/α-hetero) is 1. The molecule has 0 atom stereocenters. The fraction of sp³-hybridized carbons (Fsp3) is 0.889. The molecule has 0 saturated carbocycles. The lowest BCUT2D eigenvalue weighted by Crippen LogP contribution is -2.39. The number of unbranched alkanes of at least 4 members (excludes halogenated alkanes) is 1. The predicted octanol–water partition coefficient (Wildman–Crippen LogP) is 1.57. The van der Waals surface area contributed by atoms with Crippen molar-refractivity contribution in [1.82, 2.24) is 0 Å². The van der Waals surface area contributed by atoms with Gasteiger partial charge in [-0.2, -0.15) is 0 Å². The molecule has 0 N–H and O–H groups in total. The first kappa shape index (κ1) is 12.6. The van der Waals surface area contributed by atoms with Crippen LogP contribution < -0.4 is 0 Å². The van der Waals surface area contributed by atoms with E-state index in [1.165, 1.54) is 13.8 Å². The lowest BCUT2D eigenvalue weighted by atomic mass is 10.0. The zero-order chi connectivity index (χ0) is 10.7. The predicted molar refractivity (Wildman–Crippen MR) is 53.5 cm³/mol. The Kier molecular flexibility index (Phi) is 4.10. The molecular formula is C9H18O3S. The SMILES string of the molecule is CCCCC(=O)C(C)(C)S(C)(=O)=O. The van der Waals surface area contributed by atoms with Crippen molar-refractivity contribution < 1.29 is 13.2 Å². The van der Waals surface area contributed by atoms with Crippen LogP contribution in [0.25, 0.3) is 0 Å². The molecule has 0 rings (SSSR count). The second kappa shape index (κ2) is 4.22. The number of rotatable bonds is 5. The van der Waals surface area contributed by atoms with E-state index in [4.69, 9.17) is 0 Å². The number of carbonyl (C=O) groups excluding carboxylic acids is 1. The molecule has 3 nitrogen and oxygen atoms in total. The number of hydrogen-bond donors (Lipinski definition) is 0. The van der Waals surface area contributed by atoms with Crippen LogP contribution in [-0.2, 0) is 14.6 Å².